The third-order valence-electron chi connectivity index (χ3n) is 1.67. The first-order valence-corrected chi connectivity index (χ1v) is 4.80. The van der Waals surface area contributed by atoms with Gasteiger partial charge in [0.1, 0.15) is 11.6 Å². The lowest BCUT2D eigenvalue weighted by Gasteiger charge is -2.12. The van der Waals surface area contributed by atoms with Crippen molar-refractivity contribution >= 4 is 22.6 Å². The van der Waals surface area contributed by atoms with Crippen LogP contribution in [0.5, 0.6) is 0 Å². The minimum Gasteiger partial charge on any atom is -0.244 e. The monoisotopic (exact) mass is 348 g/mol. The highest BCUT2D eigenvalue weighted by Gasteiger charge is 2.38. The normalized spacial score (nSPS) is 11.6. The Kier molecular flexibility index (Phi) is 3.67. The summed E-state index contributed by atoms with van der Waals surface area (Å²) in [5.41, 5.74) is -3.14. The molecule has 0 spiro atoms. The summed E-state index contributed by atoms with van der Waals surface area (Å²) in [6.07, 6.45) is -7.35. The van der Waals surface area contributed by atoms with Crippen molar-refractivity contribution in [3.05, 3.63) is 26.6 Å². The van der Waals surface area contributed by atoms with Crippen LogP contribution in [0.25, 0.3) is 0 Å². The largest absolute Gasteiger partial charge is 0.420 e. The molecule has 16 heavy (non-hydrogen) atoms. The maximum absolute atomic E-state index is 12.5. The first-order chi connectivity index (χ1) is 7.29. The Hall–Kier alpha value is -0.980. The summed E-state index contributed by atoms with van der Waals surface area (Å²) in [6, 6.07) is 1.23. The molecule has 0 aromatic carbocycles. The van der Waals surface area contributed by atoms with Gasteiger partial charge in [-0.1, -0.05) is 0 Å². The van der Waals surface area contributed by atoms with Crippen LogP contribution in [0.15, 0.2) is 6.20 Å². The lowest BCUT2D eigenvalue weighted by Crippen LogP contribution is -2.14. The second-order valence-electron chi connectivity index (χ2n) is 2.66. The summed E-state index contributed by atoms with van der Waals surface area (Å²) in [5.74, 6) is 0. The number of hydrogen-bond donors (Lipinski definition) is 0. The van der Waals surface area contributed by atoms with Crippen LogP contribution < -0.4 is 0 Å². The Bertz CT molecular complexity index is 449. The van der Waals surface area contributed by atoms with Crippen LogP contribution in [0.2, 0.25) is 0 Å². The van der Waals surface area contributed by atoms with E-state index in [0.29, 0.717) is 6.20 Å². The molecule has 1 heterocycles. The van der Waals surface area contributed by atoms with Crippen molar-refractivity contribution < 1.29 is 22.0 Å². The number of pyridine rings is 1. The van der Waals surface area contributed by atoms with Gasteiger partial charge in [0, 0.05) is 9.77 Å². The van der Waals surface area contributed by atoms with E-state index in [4.69, 9.17) is 5.26 Å². The van der Waals surface area contributed by atoms with Crippen molar-refractivity contribution in [1.29, 1.82) is 5.26 Å². The van der Waals surface area contributed by atoms with Crippen LogP contribution in [0, 0.1) is 14.9 Å². The lowest BCUT2D eigenvalue weighted by atomic mass is 10.1. The van der Waals surface area contributed by atoms with Crippen LogP contribution in [0.3, 0.4) is 0 Å². The number of aromatic nitrogens is 1. The Morgan fingerprint density at radius 2 is 1.94 bits per heavy atom. The Morgan fingerprint density at radius 3 is 2.31 bits per heavy atom. The highest BCUT2D eigenvalue weighted by atomic mass is 127. The Morgan fingerprint density at radius 1 is 1.38 bits per heavy atom. The molecule has 0 fully saturated rings. The van der Waals surface area contributed by atoms with E-state index in [2.05, 4.69) is 4.98 Å². The molecular formula is C8H2F5IN2. The zero-order valence-corrected chi connectivity index (χ0v) is 9.47. The van der Waals surface area contributed by atoms with E-state index < -0.39 is 33.0 Å². The van der Waals surface area contributed by atoms with Gasteiger partial charge in [-0.3, -0.25) is 0 Å². The Balaban J connectivity index is 3.55. The summed E-state index contributed by atoms with van der Waals surface area (Å²) < 4.78 is 61.5. The molecule has 0 aliphatic heterocycles. The van der Waals surface area contributed by atoms with Gasteiger partial charge in [-0.25, -0.2) is 13.8 Å². The third kappa shape index (κ3) is 2.40. The second-order valence-corrected chi connectivity index (χ2v) is 3.74. The zero-order valence-electron chi connectivity index (χ0n) is 7.32. The molecule has 0 saturated heterocycles. The van der Waals surface area contributed by atoms with Crippen molar-refractivity contribution in [2.24, 2.45) is 0 Å². The molecule has 0 aliphatic carbocycles. The van der Waals surface area contributed by atoms with Gasteiger partial charge in [0.15, 0.2) is 5.69 Å². The van der Waals surface area contributed by atoms with Gasteiger partial charge in [-0.05, 0) is 22.6 Å². The van der Waals surface area contributed by atoms with Gasteiger partial charge < -0.3 is 0 Å². The molecule has 2 nitrogen and oxygen atoms in total. The molecule has 0 unspecified atom stereocenters. The molecule has 0 amide bonds. The van der Waals surface area contributed by atoms with Crippen molar-refractivity contribution in [3.8, 4) is 6.07 Å². The first-order valence-electron chi connectivity index (χ1n) is 3.73. The number of rotatable bonds is 1. The number of alkyl halides is 5. The fourth-order valence-electron chi connectivity index (χ4n) is 0.999. The van der Waals surface area contributed by atoms with Crippen LogP contribution in [0.4, 0.5) is 22.0 Å². The molecule has 0 aliphatic rings. The fraction of sp³-hybridized carbons (Fsp3) is 0.250. The average Bonchev–Trinajstić information content (AvgIpc) is 2.14. The maximum Gasteiger partial charge on any atom is 0.420 e. The predicted octanol–water partition coefficient (Wildman–Crippen LogP) is 3.51. The molecule has 0 atom stereocenters. The van der Waals surface area contributed by atoms with Crippen LogP contribution in [-0.2, 0) is 6.18 Å². The molecule has 86 valence electrons. The van der Waals surface area contributed by atoms with Crippen molar-refractivity contribution in [2.75, 3.05) is 0 Å². The summed E-state index contributed by atoms with van der Waals surface area (Å²) in [6.45, 7) is 0. The number of halogens is 6. The van der Waals surface area contributed by atoms with Gasteiger partial charge in [-0.15, -0.1) is 0 Å². The minimum atomic E-state index is -4.88. The van der Waals surface area contributed by atoms with Crippen LogP contribution in [-0.4, -0.2) is 4.98 Å². The van der Waals surface area contributed by atoms with Crippen LogP contribution in [0.1, 0.15) is 23.2 Å². The molecule has 1 rings (SSSR count). The summed E-state index contributed by atoms with van der Waals surface area (Å²) in [4.78, 5) is 3.08. The number of hydrogen-bond acceptors (Lipinski definition) is 2. The van der Waals surface area contributed by atoms with E-state index in [0.717, 1.165) is 22.6 Å². The second kappa shape index (κ2) is 4.48. The topological polar surface area (TPSA) is 36.7 Å². The van der Waals surface area contributed by atoms with Gasteiger partial charge in [0.2, 0.25) is 0 Å². The molecule has 0 bridgehead atoms. The molecule has 0 saturated carbocycles. The highest BCUT2D eigenvalue weighted by molar-refractivity contribution is 14.1. The SMILES string of the molecule is N#Cc1ncc(C(F)F)c(I)c1C(F)(F)F. The lowest BCUT2D eigenvalue weighted by molar-refractivity contribution is -0.138. The van der Waals surface area contributed by atoms with E-state index in [1.165, 1.54) is 6.07 Å². The number of nitrogens with zero attached hydrogens (tertiary/aromatic N) is 2. The maximum atomic E-state index is 12.5. The zero-order chi connectivity index (χ0) is 12.5. The standard InChI is InChI=1S/C8H2F5IN2/c9-7(10)3-2-16-4(1-15)5(6(3)14)8(11,12)13/h2,7H. The minimum absolute atomic E-state index is 0.584. The van der Waals surface area contributed by atoms with E-state index in [9.17, 15) is 22.0 Å². The quantitative estimate of drug-likeness (QED) is 0.575. The molecule has 1 aromatic rings. The van der Waals surface area contributed by atoms with E-state index >= 15 is 0 Å². The molecule has 8 heteroatoms. The Labute approximate surface area is 100 Å². The fourth-order valence-corrected chi connectivity index (χ4v) is 1.94. The van der Waals surface area contributed by atoms with Crippen molar-refractivity contribution in [1.82, 2.24) is 4.98 Å². The van der Waals surface area contributed by atoms with Crippen molar-refractivity contribution in [3.63, 3.8) is 0 Å². The van der Waals surface area contributed by atoms with Crippen molar-refractivity contribution in [2.45, 2.75) is 12.6 Å². The first kappa shape index (κ1) is 13.1. The van der Waals surface area contributed by atoms with Gasteiger partial charge in [0.05, 0.1) is 5.56 Å². The van der Waals surface area contributed by atoms with Crippen LogP contribution >= 0.6 is 22.6 Å². The molecule has 0 N–H and O–H groups in total. The highest BCUT2D eigenvalue weighted by Crippen LogP contribution is 2.38. The third-order valence-corrected chi connectivity index (χ3v) is 2.83. The van der Waals surface area contributed by atoms with Gasteiger partial charge in [-0.2, -0.15) is 18.4 Å². The van der Waals surface area contributed by atoms with Gasteiger partial charge >= 0.3 is 6.18 Å². The molecule has 1 aromatic heterocycles. The summed E-state index contributed by atoms with van der Waals surface area (Å²) >= 11 is 1.14. The summed E-state index contributed by atoms with van der Waals surface area (Å²) in [7, 11) is 0. The van der Waals surface area contributed by atoms with Gasteiger partial charge in [0.25, 0.3) is 6.43 Å². The smallest absolute Gasteiger partial charge is 0.244 e. The van der Waals surface area contributed by atoms with E-state index in [1.54, 1.807) is 0 Å². The summed E-state index contributed by atoms with van der Waals surface area (Å²) in [5, 5.41) is 8.43. The molecular weight excluding hydrogens is 346 g/mol. The predicted molar refractivity (Wildman–Crippen MR) is 51.6 cm³/mol. The van der Waals surface area contributed by atoms with E-state index in [-0.39, 0.29) is 0 Å². The molecule has 0 radical (unpaired) electrons. The number of nitriles is 1. The van der Waals surface area contributed by atoms with E-state index in [1.807, 2.05) is 0 Å². The average molecular weight is 348 g/mol.